The predicted octanol–water partition coefficient (Wildman–Crippen LogP) is 4.77. The van der Waals surface area contributed by atoms with E-state index < -0.39 is 23.6 Å². The lowest BCUT2D eigenvalue weighted by atomic mass is 10.1. The van der Waals surface area contributed by atoms with Crippen LogP contribution in [0.2, 0.25) is 0 Å². The number of alkyl halides is 3. The van der Waals surface area contributed by atoms with E-state index in [4.69, 9.17) is 4.74 Å². The fourth-order valence-corrected chi connectivity index (χ4v) is 3.39. The SMILES string of the molecule is COCCCNC(=O)c1cccc(NCC(=O)Nc2cccc(C(=O)Nc3cccc(C(F)(F)F)c3)c2)c1. The fraction of sp³-hybridized carbons (Fsp3) is 0.222. The second-order valence-corrected chi connectivity index (χ2v) is 8.20. The van der Waals surface area contributed by atoms with E-state index in [9.17, 15) is 27.6 Å². The molecule has 8 nitrogen and oxygen atoms in total. The number of anilines is 3. The minimum Gasteiger partial charge on any atom is -0.385 e. The van der Waals surface area contributed by atoms with Gasteiger partial charge in [-0.25, -0.2) is 0 Å². The van der Waals surface area contributed by atoms with Crippen molar-refractivity contribution in [3.8, 4) is 0 Å². The van der Waals surface area contributed by atoms with E-state index in [1.54, 1.807) is 43.5 Å². The van der Waals surface area contributed by atoms with Gasteiger partial charge in [0.05, 0.1) is 12.1 Å². The Hall–Kier alpha value is -4.38. The van der Waals surface area contributed by atoms with Crippen molar-refractivity contribution in [1.82, 2.24) is 5.32 Å². The number of nitrogens with one attached hydrogen (secondary N) is 4. The minimum atomic E-state index is -4.53. The quantitative estimate of drug-likeness (QED) is 0.268. The molecule has 0 radical (unpaired) electrons. The zero-order chi connectivity index (χ0) is 27.5. The normalized spacial score (nSPS) is 10.9. The molecule has 0 spiro atoms. The summed E-state index contributed by atoms with van der Waals surface area (Å²) in [5, 5.41) is 10.8. The summed E-state index contributed by atoms with van der Waals surface area (Å²) in [5.41, 5.74) is 0.604. The van der Waals surface area contributed by atoms with Crippen LogP contribution in [-0.2, 0) is 15.7 Å². The van der Waals surface area contributed by atoms with Gasteiger partial charge in [-0.15, -0.1) is 0 Å². The molecule has 11 heteroatoms. The van der Waals surface area contributed by atoms with Crippen molar-refractivity contribution in [1.29, 1.82) is 0 Å². The summed E-state index contributed by atoms with van der Waals surface area (Å²) in [6.45, 7) is 0.906. The summed E-state index contributed by atoms with van der Waals surface area (Å²) in [7, 11) is 1.59. The fourth-order valence-electron chi connectivity index (χ4n) is 3.39. The highest BCUT2D eigenvalue weighted by atomic mass is 19.4. The van der Waals surface area contributed by atoms with Gasteiger partial charge in [0, 0.05) is 48.5 Å². The van der Waals surface area contributed by atoms with E-state index in [1.165, 1.54) is 24.3 Å². The molecule has 0 unspecified atom stereocenters. The van der Waals surface area contributed by atoms with Crippen LogP contribution in [0.4, 0.5) is 30.2 Å². The smallest absolute Gasteiger partial charge is 0.385 e. The maximum Gasteiger partial charge on any atom is 0.416 e. The zero-order valence-electron chi connectivity index (χ0n) is 20.5. The van der Waals surface area contributed by atoms with E-state index in [2.05, 4.69) is 21.3 Å². The molecule has 0 aliphatic heterocycles. The second-order valence-electron chi connectivity index (χ2n) is 8.20. The van der Waals surface area contributed by atoms with E-state index in [0.29, 0.717) is 36.5 Å². The van der Waals surface area contributed by atoms with E-state index in [-0.39, 0.29) is 23.7 Å². The molecule has 0 fully saturated rings. The highest BCUT2D eigenvalue weighted by Crippen LogP contribution is 2.30. The first kappa shape index (κ1) is 28.2. The van der Waals surface area contributed by atoms with Crippen LogP contribution < -0.4 is 21.3 Å². The number of carbonyl (C=O) groups excluding carboxylic acids is 3. The van der Waals surface area contributed by atoms with Crippen LogP contribution in [-0.4, -0.2) is 44.5 Å². The number of halogens is 3. The standard InChI is InChI=1S/C27H27F3N4O4/c1-38-13-5-12-31-25(36)18-6-2-9-21(14-18)32-17-24(35)33-22-10-3-7-19(15-22)26(37)34-23-11-4-8-20(16-23)27(28,29)30/h2-4,6-11,14-16,32H,5,12-13,17H2,1H3,(H,31,36)(H,33,35)(H,34,37). The summed E-state index contributed by atoms with van der Waals surface area (Å²) in [4.78, 5) is 37.3. The largest absolute Gasteiger partial charge is 0.416 e. The monoisotopic (exact) mass is 528 g/mol. The Morgan fingerprint density at radius 2 is 1.39 bits per heavy atom. The van der Waals surface area contributed by atoms with E-state index in [0.717, 1.165) is 12.1 Å². The Morgan fingerprint density at radius 1 is 0.789 bits per heavy atom. The Labute approximate surface area is 217 Å². The van der Waals surface area contributed by atoms with Crippen LogP contribution in [0, 0.1) is 0 Å². The molecule has 0 bridgehead atoms. The molecule has 38 heavy (non-hydrogen) atoms. The van der Waals surface area contributed by atoms with Crippen LogP contribution in [0.5, 0.6) is 0 Å². The van der Waals surface area contributed by atoms with Gasteiger partial charge in [0.15, 0.2) is 0 Å². The van der Waals surface area contributed by atoms with Crippen LogP contribution in [0.1, 0.15) is 32.7 Å². The third kappa shape index (κ3) is 8.63. The highest BCUT2D eigenvalue weighted by Gasteiger charge is 2.30. The molecule has 0 aromatic heterocycles. The topological polar surface area (TPSA) is 109 Å². The van der Waals surface area contributed by atoms with Crippen LogP contribution in [0.3, 0.4) is 0 Å². The molecule has 0 atom stereocenters. The van der Waals surface area contributed by atoms with E-state index >= 15 is 0 Å². The molecular weight excluding hydrogens is 501 g/mol. The molecule has 3 amide bonds. The first-order valence-electron chi connectivity index (χ1n) is 11.7. The maximum absolute atomic E-state index is 12.9. The molecule has 0 aliphatic carbocycles. The molecule has 4 N–H and O–H groups in total. The summed E-state index contributed by atoms with van der Waals surface area (Å²) < 4.78 is 43.7. The number of ether oxygens (including phenoxy) is 1. The molecule has 0 heterocycles. The van der Waals surface area contributed by atoms with Crippen LogP contribution >= 0.6 is 0 Å². The van der Waals surface area contributed by atoms with Crippen LogP contribution in [0.25, 0.3) is 0 Å². The van der Waals surface area contributed by atoms with Gasteiger partial charge in [0.2, 0.25) is 5.91 Å². The van der Waals surface area contributed by atoms with Gasteiger partial charge in [-0.3, -0.25) is 14.4 Å². The summed E-state index contributed by atoms with van der Waals surface area (Å²) >= 11 is 0. The van der Waals surface area contributed by atoms with Crippen LogP contribution in [0.15, 0.2) is 72.8 Å². The zero-order valence-corrected chi connectivity index (χ0v) is 20.5. The van der Waals surface area contributed by atoms with Crippen molar-refractivity contribution in [2.45, 2.75) is 12.6 Å². The van der Waals surface area contributed by atoms with Crippen molar-refractivity contribution in [3.63, 3.8) is 0 Å². The third-order valence-corrected chi connectivity index (χ3v) is 5.24. The lowest BCUT2D eigenvalue weighted by Crippen LogP contribution is -2.25. The predicted molar refractivity (Wildman–Crippen MR) is 138 cm³/mol. The Kier molecular flexibility index (Phi) is 9.83. The highest BCUT2D eigenvalue weighted by molar-refractivity contribution is 6.05. The molecule has 0 aliphatic rings. The average molecular weight is 529 g/mol. The van der Waals surface area contributed by atoms with Crippen molar-refractivity contribution in [3.05, 3.63) is 89.5 Å². The first-order chi connectivity index (χ1) is 18.2. The number of benzene rings is 3. The molecule has 3 rings (SSSR count). The van der Waals surface area contributed by atoms with Crippen molar-refractivity contribution in [2.24, 2.45) is 0 Å². The van der Waals surface area contributed by atoms with Gasteiger partial charge in [0.25, 0.3) is 11.8 Å². The third-order valence-electron chi connectivity index (χ3n) is 5.24. The van der Waals surface area contributed by atoms with Crippen molar-refractivity contribution >= 4 is 34.8 Å². The number of carbonyl (C=O) groups is 3. The number of amides is 3. The number of methoxy groups -OCH3 is 1. The van der Waals surface area contributed by atoms with Crippen molar-refractivity contribution in [2.75, 3.05) is 42.8 Å². The molecule has 3 aromatic carbocycles. The van der Waals surface area contributed by atoms with Gasteiger partial charge in [-0.05, 0) is 61.0 Å². The molecule has 3 aromatic rings. The lowest BCUT2D eigenvalue weighted by Gasteiger charge is -2.11. The van der Waals surface area contributed by atoms with E-state index in [1.807, 2.05) is 0 Å². The number of rotatable bonds is 11. The van der Waals surface area contributed by atoms with Gasteiger partial charge in [-0.1, -0.05) is 18.2 Å². The minimum absolute atomic E-state index is 0.00523. The van der Waals surface area contributed by atoms with Gasteiger partial charge in [0.1, 0.15) is 0 Å². The summed E-state index contributed by atoms with van der Waals surface area (Å²) in [5.74, 6) is -1.28. The molecule has 200 valence electrons. The summed E-state index contributed by atoms with van der Waals surface area (Å²) in [6, 6.07) is 17.0. The van der Waals surface area contributed by atoms with Gasteiger partial charge < -0.3 is 26.0 Å². The Morgan fingerprint density at radius 3 is 2.08 bits per heavy atom. The maximum atomic E-state index is 12.9. The first-order valence-corrected chi connectivity index (χ1v) is 11.7. The molecule has 0 saturated carbocycles. The summed E-state index contributed by atoms with van der Waals surface area (Å²) in [6.07, 6.45) is -3.84. The number of hydrogen-bond donors (Lipinski definition) is 4. The second kappa shape index (κ2) is 13.2. The van der Waals surface area contributed by atoms with Gasteiger partial charge >= 0.3 is 6.18 Å². The Bertz CT molecular complexity index is 1280. The van der Waals surface area contributed by atoms with Crippen molar-refractivity contribution < 1.29 is 32.3 Å². The lowest BCUT2D eigenvalue weighted by molar-refractivity contribution is -0.137. The molecule has 0 saturated heterocycles. The number of hydrogen-bond acceptors (Lipinski definition) is 5. The van der Waals surface area contributed by atoms with Gasteiger partial charge in [-0.2, -0.15) is 13.2 Å². The average Bonchev–Trinajstić information content (AvgIpc) is 2.90. The Balaban J connectivity index is 1.54. The molecular formula is C27H27F3N4O4.